The fourth-order valence-electron chi connectivity index (χ4n) is 2.88. The number of aromatic nitrogens is 2. The van der Waals surface area contributed by atoms with E-state index in [4.69, 9.17) is 10.5 Å². The van der Waals surface area contributed by atoms with E-state index in [-0.39, 0.29) is 6.04 Å². The fraction of sp³-hybridized carbons (Fsp3) is 0.471. The van der Waals surface area contributed by atoms with Crippen LogP contribution in [0.1, 0.15) is 55.6 Å². The molecular weight excluding hydrogens is 262 g/mol. The van der Waals surface area contributed by atoms with E-state index in [0.717, 1.165) is 30.7 Å². The molecule has 0 fully saturated rings. The molecule has 0 saturated carbocycles. The molecular formula is C17H23N3O. The molecule has 0 spiro atoms. The van der Waals surface area contributed by atoms with Gasteiger partial charge in [0.1, 0.15) is 12.4 Å². The van der Waals surface area contributed by atoms with Crippen molar-refractivity contribution in [2.75, 3.05) is 0 Å². The third-order valence-corrected chi connectivity index (χ3v) is 4.08. The van der Waals surface area contributed by atoms with Crippen molar-refractivity contribution in [3.63, 3.8) is 0 Å². The minimum Gasteiger partial charge on any atom is -0.487 e. The van der Waals surface area contributed by atoms with Crippen LogP contribution in [0.3, 0.4) is 0 Å². The zero-order chi connectivity index (χ0) is 14.8. The Morgan fingerprint density at radius 2 is 2.24 bits per heavy atom. The van der Waals surface area contributed by atoms with Crippen LogP contribution in [0.25, 0.3) is 0 Å². The van der Waals surface area contributed by atoms with E-state index in [0.29, 0.717) is 12.6 Å². The molecule has 1 unspecified atom stereocenters. The summed E-state index contributed by atoms with van der Waals surface area (Å²) in [6, 6.07) is 8.74. The smallest absolute Gasteiger partial charge is 0.132 e. The Morgan fingerprint density at radius 3 is 3.00 bits per heavy atom. The van der Waals surface area contributed by atoms with Gasteiger partial charge in [-0.15, -0.1) is 0 Å². The van der Waals surface area contributed by atoms with Gasteiger partial charge in [-0.25, -0.2) is 0 Å². The molecule has 112 valence electrons. The molecule has 1 aromatic carbocycles. The average molecular weight is 285 g/mol. The van der Waals surface area contributed by atoms with Crippen molar-refractivity contribution in [3.05, 3.63) is 47.3 Å². The second kappa shape index (κ2) is 5.90. The lowest BCUT2D eigenvalue weighted by atomic mass is 9.87. The van der Waals surface area contributed by atoms with E-state index < -0.39 is 0 Å². The second-order valence-electron chi connectivity index (χ2n) is 5.99. The molecule has 0 radical (unpaired) electrons. The maximum Gasteiger partial charge on any atom is 0.132 e. The summed E-state index contributed by atoms with van der Waals surface area (Å²) in [6.45, 7) is 4.74. The number of nitrogens with two attached hydrogens (primary N) is 1. The number of hydrogen-bond donors (Lipinski definition) is 1. The van der Waals surface area contributed by atoms with Gasteiger partial charge < -0.3 is 10.5 Å². The summed E-state index contributed by atoms with van der Waals surface area (Å²) in [7, 11) is 0. The summed E-state index contributed by atoms with van der Waals surface area (Å²) in [6.07, 6.45) is 5.26. The van der Waals surface area contributed by atoms with E-state index in [1.807, 2.05) is 29.1 Å². The van der Waals surface area contributed by atoms with Crippen molar-refractivity contribution in [3.8, 4) is 5.75 Å². The molecule has 2 aromatic rings. The van der Waals surface area contributed by atoms with Crippen molar-refractivity contribution < 1.29 is 4.74 Å². The Morgan fingerprint density at radius 1 is 1.38 bits per heavy atom. The number of hydrogen-bond acceptors (Lipinski definition) is 3. The van der Waals surface area contributed by atoms with Gasteiger partial charge in [0.05, 0.1) is 5.69 Å². The molecule has 0 bridgehead atoms. The Hall–Kier alpha value is -1.81. The van der Waals surface area contributed by atoms with Gasteiger partial charge in [0.15, 0.2) is 0 Å². The molecule has 1 aliphatic rings. The van der Waals surface area contributed by atoms with Crippen molar-refractivity contribution in [1.82, 2.24) is 9.78 Å². The van der Waals surface area contributed by atoms with Gasteiger partial charge in [-0.2, -0.15) is 5.10 Å². The van der Waals surface area contributed by atoms with Crippen LogP contribution in [-0.4, -0.2) is 9.78 Å². The fourth-order valence-corrected chi connectivity index (χ4v) is 2.88. The predicted molar refractivity (Wildman–Crippen MR) is 83.3 cm³/mol. The third kappa shape index (κ3) is 2.95. The van der Waals surface area contributed by atoms with E-state index >= 15 is 0 Å². The van der Waals surface area contributed by atoms with Gasteiger partial charge in [0.2, 0.25) is 0 Å². The number of rotatable bonds is 4. The summed E-state index contributed by atoms with van der Waals surface area (Å²) in [4.78, 5) is 0. The van der Waals surface area contributed by atoms with Crippen LogP contribution in [0, 0.1) is 0 Å². The van der Waals surface area contributed by atoms with Gasteiger partial charge in [-0.3, -0.25) is 4.68 Å². The highest BCUT2D eigenvalue weighted by Crippen LogP contribution is 2.34. The van der Waals surface area contributed by atoms with Crippen molar-refractivity contribution in [2.24, 2.45) is 5.73 Å². The quantitative estimate of drug-likeness (QED) is 0.937. The van der Waals surface area contributed by atoms with Gasteiger partial charge in [-0.1, -0.05) is 12.1 Å². The van der Waals surface area contributed by atoms with Crippen LogP contribution < -0.4 is 10.5 Å². The van der Waals surface area contributed by atoms with Crippen LogP contribution in [0.15, 0.2) is 30.5 Å². The molecule has 2 N–H and O–H groups in total. The van der Waals surface area contributed by atoms with Crippen LogP contribution in [0.5, 0.6) is 5.75 Å². The number of nitrogens with zero attached hydrogens (tertiary/aromatic N) is 2. The summed E-state index contributed by atoms with van der Waals surface area (Å²) >= 11 is 0. The minimum absolute atomic E-state index is 0.150. The Kier molecular flexibility index (Phi) is 3.97. The van der Waals surface area contributed by atoms with E-state index in [9.17, 15) is 0 Å². The molecule has 3 rings (SSSR count). The van der Waals surface area contributed by atoms with Crippen molar-refractivity contribution in [2.45, 2.75) is 51.8 Å². The zero-order valence-corrected chi connectivity index (χ0v) is 12.7. The summed E-state index contributed by atoms with van der Waals surface area (Å²) in [5.41, 5.74) is 9.67. The zero-order valence-electron chi connectivity index (χ0n) is 12.7. The standard InChI is InChI=1S/C17H23N3O/c1-12(2)20-10-9-13(19-20)11-21-17-8-4-5-14-15(17)6-3-7-16(14)18/h4-5,8-10,12,16H,3,6-7,11,18H2,1-2H3. The maximum absolute atomic E-state index is 6.19. The number of fused-ring (bicyclic) bond motifs is 1. The predicted octanol–water partition coefficient (Wildman–Crippen LogP) is 3.38. The molecule has 1 aliphatic carbocycles. The molecule has 0 saturated heterocycles. The highest BCUT2D eigenvalue weighted by molar-refractivity contribution is 5.43. The van der Waals surface area contributed by atoms with Crippen LogP contribution in [0.4, 0.5) is 0 Å². The van der Waals surface area contributed by atoms with E-state index in [2.05, 4.69) is 25.0 Å². The monoisotopic (exact) mass is 285 g/mol. The lowest BCUT2D eigenvalue weighted by Crippen LogP contribution is -2.18. The normalized spacial score (nSPS) is 17.8. The van der Waals surface area contributed by atoms with Gasteiger partial charge in [-0.05, 0) is 56.4 Å². The maximum atomic E-state index is 6.19. The molecule has 21 heavy (non-hydrogen) atoms. The molecule has 4 nitrogen and oxygen atoms in total. The number of benzene rings is 1. The number of ether oxygens (including phenoxy) is 1. The van der Waals surface area contributed by atoms with Crippen molar-refractivity contribution >= 4 is 0 Å². The first-order valence-electron chi connectivity index (χ1n) is 7.69. The van der Waals surface area contributed by atoms with Crippen LogP contribution in [-0.2, 0) is 13.0 Å². The highest BCUT2D eigenvalue weighted by atomic mass is 16.5. The SMILES string of the molecule is CC(C)n1ccc(COc2cccc3c2CCCC3N)n1. The lowest BCUT2D eigenvalue weighted by Gasteiger charge is -2.24. The molecule has 0 aliphatic heterocycles. The molecule has 0 amide bonds. The Bertz CT molecular complexity index is 618. The summed E-state index contributed by atoms with van der Waals surface area (Å²) in [5.74, 6) is 0.960. The second-order valence-corrected chi connectivity index (χ2v) is 5.99. The largest absolute Gasteiger partial charge is 0.487 e. The Balaban J connectivity index is 1.74. The average Bonchev–Trinajstić information content (AvgIpc) is 2.95. The first-order valence-corrected chi connectivity index (χ1v) is 7.69. The molecule has 1 aromatic heterocycles. The van der Waals surface area contributed by atoms with Crippen LogP contribution >= 0.6 is 0 Å². The summed E-state index contributed by atoms with van der Waals surface area (Å²) < 4.78 is 7.95. The van der Waals surface area contributed by atoms with E-state index in [1.165, 1.54) is 11.1 Å². The van der Waals surface area contributed by atoms with Gasteiger partial charge in [0, 0.05) is 18.3 Å². The highest BCUT2D eigenvalue weighted by Gasteiger charge is 2.19. The van der Waals surface area contributed by atoms with E-state index in [1.54, 1.807) is 0 Å². The van der Waals surface area contributed by atoms with Gasteiger partial charge in [0.25, 0.3) is 0 Å². The first kappa shape index (κ1) is 14.1. The molecule has 1 atom stereocenters. The van der Waals surface area contributed by atoms with Crippen molar-refractivity contribution in [1.29, 1.82) is 0 Å². The van der Waals surface area contributed by atoms with Gasteiger partial charge >= 0.3 is 0 Å². The topological polar surface area (TPSA) is 53.1 Å². The summed E-state index contributed by atoms with van der Waals surface area (Å²) in [5, 5.41) is 4.52. The molecule has 1 heterocycles. The first-order chi connectivity index (χ1) is 10.1. The Labute approximate surface area is 125 Å². The lowest BCUT2D eigenvalue weighted by molar-refractivity contribution is 0.293. The third-order valence-electron chi connectivity index (χ3n) is 4.08. The van der Waals surface area contributed by atoms with Crippen LogP contribution in [0.2, 0.25) is 0 Å². The minimum atomic E-state index is 0.150. The molecule has 4 heteroatoms.